The van der Waals surface area contributed by atoms with E-state index in [9.17, 15) is 43.2 Å². The van der Waals surface area contributed by atoms with Gasteiger partial charge in [-0.2, -0.15) is 0 Å². The van der Waals surface area contributed by atoms with E-state index >= 15 is 0 Å². The molecule has 4 unspecified atom stereocenters. The summed E-state index contributed by atoms with van der Waals surface area (Å²) in [6, 6.07) is 0. The predicted octanol–water partition coefficient (Wildman–Crippen LogP) is 21.3. The molecule has 0 aliphatic rings. The van der Waals surface area contributed by atoms with Crippen molar-refractivity contribution in [3.8, 4) is 0 Å². The molecular formula is C74H144O17P2. The number of carbonyl (C=O) groups is 4. The molecule has 0 amide bonds. The third-order valence-electron chi connectivity index (χ3n) is 17.8. The molecule has 0 aromatic rings. The predicted molar refractivity (Wildman–Crippen MR) is 377 cm³/mol. The second kappa shape index (κ2) is 63.5. The summed E-state index contributed by atoms with van der Waals surface area (Å²) >= 11 is 0. The maximum absolute atomic E-state index is 13.1. The molecule has 0 aliphatic heterocycles. The Hall–Kier alpha value is -1.94. The molecule has 93 heavy (non-hydrogen) atoms. The summed E-state index contributed by atoms with van der Waals surface area (Å²) in [5.41, 5.74) is 0. The lowest BCUT2D eigenvalue weighted by Gasteiger charge is -2.21. The van der Waals surface area contributed by atoms with Crippen LogP contribution in [0, 0.1) is 23.7 Å². The van der Waals surface area contributed by atoms with Crippen LogP contribution in [0.5, 0.6) is 0 Å². The average Bonchev–Trinajstić information content (AvgIpc) is 1.47. The SMILES string of the molecule is CCC(C)CCCCCCCCCCCCC(=O)OC[C@H](COP(=O)(O)OC[C@@H](O)COP(=O)(O)OC[C@@H](COC(=O)CCCCCCCCC(C)CC)OC(=O)CCCCCCCCCCCCCC(C)C)OC(=O)CCCCCCCCCCCCCCC(C)C. The van der Waals surface area contributed by atoms with Gasteiger partial charge in [0, 0.05) is 25.7 Å². The van der Waals surface area contributed by atoms with Crippen molar-refractivity contribution in [2.75, 3.05) is 39.6 Å². The Bertz CT molecular complexity index is 1840. The van der Waals surface area contributed by atoms with E-state index < -0.39 is 97.5 Å². The summed E-state index contributed by atoms with van der Waals surface area (Å²) in [6.07, 6.45) is 47.1. The molecule has 0 heterocycles. The van der Waals surface area contributed by atoms with E-state index in [1.807, 2.05) is 0 Å². The highest BCUT2D eigenvalue weighted by molar-refractivity contribution is 7.47. The molecule has 0 aromatic heterocycles. The number of carbonyl (C=O) groups excluding carboxylic acids is 4. The topological polar surface area (TPSA) is 237 Å². The van der Waals surface area contributed by atoms with Crippen LogP contribution in [0.3, 0.4) is 0 Å². The fourth-order valence-corrected chi connectivity index (χ4v) is 12.7. The van der Waals surface area contributed by atoms with Gasteiger partial charge in [-0.3, -0.25) is 37.3 Å². The van der Waals surface area contributed by atoms with Gasteiger partial charge in [-0.15, -0.1) is 0 Å². The quantitative estimate of drug-likeness (QED) is 0.0222. The van der Waals surface area contributed by atoms with Gasteiger partial charge in [0.25, 0.3) is 0 Å². The molecule has 0 aliphatic carbocycles. The fraction of sp³-hybridized carbons (Fsp3) is 0.946. The van der Waals surface area contributed by atoms with E-state index in [0.29, 0.717) is 25.7 Å². The molecular weight excluding hydrogens is 1220 g/mol. The van der Waals surface area contributed by atoms with Crippen LogP contribution >= 0.6 is 15.6 Å². The number of aliphatic hydroxyl groups excluding tert-OH is 1. The second-order valence-electron chi connectivity index (χ2n) is 28.1. The van der Waals surface area contributed by atoms with Gasteiger partial charge in [-0.25, -0.2) is 9.13 Å². The molecule has 0 fully saturated rings. The Morgan fingerprint density at radius 3 is 0.763 bits per heavy atom. The first kappa shape index (κ1) is 91.1. The zero-order valence-electron chi connectivity index (χ0n) is 60.9. The van der Waals surface area contributed by atoms with Crippen molar-refractivity contribution >= 4 is 39.5 Å². The van der Waals surface area contributed by atoms with E-state index in [1.165, 1.54) is 167 Å². The minimum atomic E-state index is -4.96. The van der Waals surface area contributed by atoms with Crippen LogP contribution in [0.4, 0.5) is 0 Å². The van der Waals surface area contributed by atoms with Crippen LogP contribution in [0.2, 0.25) is 0 Å². The summed E-state index contributed by atoms with van der Waals surface area (Å²) in [5, 5.41) is 10.6. The smallest absolute Gasteiger partial charge is 0.462 e. The van der Waals surface area contributed by atoms with Crippen LogP contribution in [-0.2, 0) is 65.4 Å². The number of phosphoric acid groups is 2. The number of hydrogen-bond acceptors (Lipinski definition) is 15. The third kappa shape index (κ3) is 65.8. The van der Waals surface area contributed by atoms with Crippen LogP contribution in [0.15, 0.2) is 0 Å². The summed E-state index contributed by atoms with van der Waals surface area (Å²) < 4.78 is 68.5. The minimum Gasteiger partial charge on any atom is -0.462 e. The minimum absolute atomic E-state index is 0.105. The highest BCUT2D eigenvalue weighted by Crippen LogP contribution is 2.45. The number of ether oxygens (including phenoxy) is 4. The second-order valence-corrected chi connectivity index (χ2v) is 31.0. The zero-order chi connectivity index (χ0) is 68.9. The highest BCUT2D eigenvalue weighted by atomic mass is 31.2. The third-order valence-corrected chi connectivity index (χ3v) is 19.7. The number of aliphatic hydroxyl groups is 1. The first-order valence-electron chi connectivity index (χ1n) is 38.3. The summed E-state index contributed by atoms with van der Waals surface area (Å²) in [6.45, 7) is 14.2. The van der Waals surface area contributed by atoms with Gasteiger partial charge < -0.3 is 33.8 Å². The molecule has 552 valence electrons. The van der Waals surface area contributed by atoms with E-state index in [2.05, 4.69) is 55.4 Å². The van der Waals surface area contributed by atoms with Crippen molar-refractivity contribution in [3.63, 3.8) is 0 Å². The molecule has 3 N–H and O–H groups in total. The van der Waals surface area contributed by atoms with Crippen molar-refractivity contribution in [3.05, 3.63) is 0 Å². The first-order chi connectivity index (χ1) is 44.7. The van der Waals surface area contributed by atoms with Crippen molar-refractivity contribution in [1.29, 1.82) is 0 Å². The largest absolute Gasteiger partial charge is 0.472 e. The Labute approximate surface area is 568 Å². The average molecular weight is 1370 g/mol. The van der Waals surface area contributed by atoms with Gasteiger partial charge in [-0.1, -0.05) is 319 Å². The molecule has 0 rings (SSSR count). The van der Waals surface area contributed by atoms with Crippen LogP contribution < -0.4 is 0 Å². The zero-order valence-corrected chi connectivity index (χ0v) is 62.7. The molecule has 7 atom stereocenters. The number of unbranched alkanes of at least 4 members (excludes halogenated alkanes) is 35. The van der Waals surface area contributed by atoms with Crippen molar-refractivity contribution in [1.82, 2.24) is 0 Å². The molecule has 17 nitrogen and oxygen atoms in total. The Morgan fingerprint density at radius 1 is 0.301 bits per heavy atom. The number of esters is 4. The van der Waals surface area contributed by atoms with Crippen molar-refractivity contribution < 1.29 is 80.2 Å². The van der Waals surface area contributed by atoms with E-state index in [4.69, 9.17) is 37.0 Å². The molecule has 0 spiro atoms. The number of rotatable bonds is 71. The van der Waals surface area contributed by atoms with Crippen LogP contribution in [0.25, 0.3) is 0 Å². The van der Waals surface area contributed by atoms with E-state index in [-0.39, 0.29) is 25.7 Å². The highest BCUT2D eigenvalue weighted by Gasteiger charge is 2.30. The lowest BCUT2D eigenvalue weighted by molar-refractivity contribution is -0.161. The summed E-state index contributed by atoms with van der Waals surface area (Å²) in [7, 11) is -9.91. The lowest BCUT2D eigenvalue weighted by Crippen LogP contribution is -2.30. The molecule has 0 radical (unpaired) electrons. The maximum atomic E-state index is 13.1. The molecule has 19 heteroatoms. The van der Waals surface area contributed by atoms with Gasteiger partial charge in [0.15, 0.2) is 12.2 Å². The van der Waals surface area contributed by atoms with Gasteiger partial charge in [-0.05, 0) is 49.4 Å². The molecule has 0 saturated carbocycles. The van der Waals surface area contributed by atoms with E-state index in [0.717, 1.165) is 120 Å². The molecule has 0 aromatic carbocycles. The number of phosphoric ester groups is 2. The number of hydrogen-bond donors (Lipinski definition) is 3. The van der Waals surface area contributed by atoms with Gasteiger partial charge >= 0.3 is 39.5 Å². The van der Waals surface area contributed by atoms with Crippen LogP contribution in [-0.4, -0.2) is 96.7 Å². The van der Waals surface area contributed by atoms with Gasteiger partial charge in [0.2, 0.25) is 0 Å². The summed E-state index contributed by atoms with van der Waals surface area (Å²) in [4.78, 5) is 72.7. The van der Waals surface area contributed by atoms with E-state index in [1.54, 1.807) is 0 Å². The Balaban J connectivity index is 5.27. The molecule has 0 bridgehead atoms. The van der Waals surface area contributed by atoms with Crippen molar-refractivity contribution in [2.45, 2.75) is 388 Å². The van der Waals surface area contributed by atoms with Crippen molar-refractivity contribution in [2.24, 2.45) is 23.7 Å². The molecule has 0 saturated heterocycles. The normalized spacial score (nSPS) is 14.8. The maximum Gasteiger partial charge on any atom is 0.472 e. The Morgan fingerprint density at radius 2 is 0.516 bits per heavy atom. The first-order valence-corrected chi connectivity index (χ1v) is 41.3. The standard InChI is InChI=1S/C74H144O17P2/c1-9-66(7)52-44-36-28-22-18-19-23-29-38-46-54-71(76)84-60-69(90-73(78)56-48-40-30-24-16-12-11-14-20-26-34-42-50-64(3)4)62-88-92(80,81)86-58-68(75)59-87-93(82,83)89-63-70(61-85-72(77)55-47-39-33-32-37-45-53-67(8)10-2)91-74(79)57-49-41-31-25-17-13-15-21-27-35-43-51-65(5)6/h64-70,75H,9-63H2,1-8H3,(H,80,81)(H,82,83)/t66?,67?,68-,69-,70-/m1/s1. The van der Waals surface area contributed by atoms with Gasteiger partial charge in [0.05, 0.1) is 26.4 Å². The van der Waals surface area contributed by atoms with Gasteiger partial charge in [0.1, 0.15) is 19.3 Å². The fourth-order valence-electron chi connectivity index (χ4n) is 11.1. The van der Waals surface area contributed by atoms with Crippen LogP contribution in [0.1, 0.15) is 370 Å². The lowest BCUT2D eigenvalue weighted by atomic mass is 9.99. The monoisotopic (exact) mass is 1370 g/mol. The Kier molecular flexibility index (Phi) is 62.2. The summed E-state index contributed by atoms with van der Waals surface area (Å²) in [5.74, 6) is 0.959.